The zero-order valence-corrected chi connectivity index (χ0v) is 20.6. The van der Waals surface area contributed by atoms with Crippen LogP contribution in [-0.4, -0.2) is 67.5 Å². The highest BCUT2D eigenvalue weighted by Crippen LogP contribution is 2.20. The van der Waals surface area contributed by atoms with Crippen molar-refractivity contribution < 1.29 is 4.79 Å². The largest absolute Gasteiger partial charge is 0.357 e. The van der Waals surface area contributed by atoms with Crippen molar-refractivity contribution >= 4 is 11.9 Å². The average molecular weight is 450 g/mol. The van der Waals surface area contributed by atoms with E-state index in [2.05, 4.69) is 65.8 Å². The van der Waals surface area contributed by atoms with Gasteiger partial charge in [0, 0.05) is 57.9 Å². The van der Waals surface area contributed by atoms with Gasteiger partial charge >= 0.3 is 0 Å². The lowest BCUT2D eigenvalue weighted by atomic mass is 9.97. The molecule has 2 aromatic carbocycles. The molecule has 6 heteroatoms. The van der Waals surface area contributed by atoms with E-state index in [0.717, 1.165) is 56.0 Å². The Morgan fingerprint density at radius 1 is 1.12 bits per heavy atom. The number of hydrogen-bond donors (Lipinski definition) is 2. The van der Waals surface area contributed by atoms with Crippen molar-refractivity contribution in [1.29, 1.82) is 0 Å². The van der Waals surface area contributed by atoms with Crippen molar-refractivity contribution in [2.75, 3.05) is 33.7 Å². The number of piperidine rings is 1. The molecule has 1 fully saturated rings. The van der Waals surface area contributed by atoms with Crippen LogP contribution in [-0.2, 0) is 13.0 Å². The maximum absolute atomic E-state index is 12.2. The zero-order valence-electron chi connectivity index (χ0n) is 20.6. The van der Waals surface area contributed by atoms with Gasteiger partial charge in [0.25, 0.3) is 5.91 Å². The van der Waals surface area contributed by atoms with Crippen LogP contribution in [0.15, 0.2) is 59.6 Å². The third-order valence-electron chi connectivity index (χ3n) is 6.18. The van der Waals surface area contributed by atoms with Gasteiger partial charge in [0.05, 0.1) is 0 Å². The summed E-state index contributed by atoms with van der Waals surface area (Å²) in [7, 11) is 3.56. The van der Waals surface area contributed by atoms with Crippen LogP contribution >= 0.6 is 0 Å². The summed E-state index contributed by atoms with van der Waals surface area (Å²) in [5, 5.41) is 7.05. The Kier molecular flexibility index (Phi) is 9.31. The molecule has 2 N–H and O–H groups in total. The Bertz CT molecular complexity index is 912. The molecule has 2 atom stereocenters. The van der Waals surface area contributed by atoms with Gasteiger partial charge in [-0.1, -0.05) is 42.5 Å². The summed E-state index contributed by atoms with van der Waals surface area (Å²) in [6.45, 7) is 8.03. The normalized spacial score (nSPS) is 19.2. The molecular formula is C27H39N5O. The van der Waals surface area contributed by atoms with Gasteiger partial charge in [0.2, 0.25) is 0 Å². The molecule has 1 amide bonds. The fourth-order valence-corrected chi connectivity index (χ4v) is 4.33. The smallest absolute Gasteiger partial charge is 0.253 e. The summed E-state index contributed by atoms with van der Waals surface area (Å²) in [5.74, 6) is 0.912. The van der Waals surface area contributed by atoms with Crippen LogP contribution in [0, 0.1) is 0 Å². The van der Waals surface area contributed by atoms with Crippen LogP contribution in [0.2, 0.25) is 0 Å². The second-order valence-electron chi connectivity index (χ2n) is 9.08. The van der Waals surface area contributed by atoms with Crippen LogP contribution in [0.4, 0.5) is 0 Å². The molecule has 1 aliphatic heterocycles. The highest BCUT2D eigenvalue weighted by Gasteiger charge is 2.25. The minimum atomic E-state index is 0.0306. The summed E-state index contributed by atoms with van der Waals surface area (Å²) in [6.07, 6.45) is 3.01. The molecule has 0 radical (unpaired) electrons. The molecule has 33 heavy (non-hydrogen) atoms. The number of rotatable bonds is 8. The summed E-state index contributed by atoms with van der Waals surface area (Å²) >= 11 is 0. The molecule has 1 saturated heterocycles. The van der Waals surface area contributed by atoms with E-state index in [1.54, 1.807) is 19.0 Å². The van der Waals surface area contributed by atoms with Crippen LogP contribution in [0.3, 0.4) is 0 Å². The van der Waals surface area contributed by atoms with E-state index in [9.17, 15) is 4.79 Å². The number of carbonyl (C=O) groups is 1. The molecular weight excluding hydrogens is 410 g/mol. The molecule has 178 valence electrons. The first-order valence-electron chi connectivity index (χ1n) is 12.1. The number of likely N-dealkylation sites (tertiary alicyclic amines) is 1. The van der Waals surface area contributed by atoms with Crippen LogP contribution in [0.1, 0.15) is 48.2 Å². The topological polar surface area (TPSA) is 60.0 Å². The molecule has 1 aliphatic rings. The van der Waals surface area contributed by atoms with Crippen molar-refractivity contribution in [3.63, 3.8) is 0 Å². The number of nitrogens with one attached hydrogen (secondary N) is 2. The van der Waals surface area contributed by atoms with E-state index in [4.69, 9.17) is 4.99 Å². The summed E-state index contributed by atoms with van der Waals surface area (Å²) in [6, 6.07) is 19.5. The maximum atomic E-state index is 12.2. The minimum Gasteiger partial charge on any atom is -0.357 e. The summed E-state index contributed by atoms with van der Waals surface area (Å²) < 4.78 is 0. The van der Waals surface area contributed by atoms with Crippen molar-refractivity contribution in [1.82, 2.24) is 20.4 Å². The third-order valence-corrected chi connectivity index (χ3v) is 6.18. The number of aliphatic imine (C=N–C) groups is 1. The minimum absolute atomic E-state index is 0.0306. The van der Waals surface area contributed by atoms with Crippen molar-refractivity contribution in [3.8, 4) is 0 Å². The maximum Gasteiger partial charge on any atom is 0.253 e. The number of benzene rings is 2. The zero-order chi connectivity index (χ0) is 23.6. The number of carbonyl (C=O) groups excluding carboxylic acids is 1. The first-order chi connectivity index (χ1) is 16.0. The second kappa shape index (κ2) is 12.4. The molecule has 0 aliphatic carbocycles. The molecule has 1 heterocycles. The highest BCUT2D eigenvalue weighted by atomic mass is 16.2. The Morgan fingerprint density at radius 3 is 2.58 bits per heavy atom. The number of hydrogen-bond acceptors (Lipinski definition) is 3. The van der Waals surface area contributed by atoms with Crippen LogP contribution in [0.25, 0.3) is 0 Å². The Balaban J connectivity index is 1.52. The molecule has 6 nitrogen and oxygen atoms in total. The number of nitrogens with zero attached hydrogens (tertiary/aromatic N) is 3. The van der Waals surface area contributed by atoms with Gasteiger partial charge in [-0.2, -0.15) is 0 Å². The Labute approximate surface area is 199 Å². The molecule has 3 rings (SSSR count). The molecule has 0 spiro atoms. The van der Waals surface area contributed by atoms with E-state index in [-0.39, 0.29) is 5.91 Å². The van der Waals surface area contributed by atoms with E-state index >= 15 is 0 Å². The Hall–Kier alpha value is -2.86. The van der Waals surface area contributed by atoms with Gasteiger partial charge in [0.15, 0.2) is 5.96 Å². The molecule has 2 aromatic rings. The second-order valence-corrected chi connectivity index (χ2v) is 9.08. The lowest BCUT2D eigenvalue weighted by Gasteiger charge is -2.38. The summed E-state index contributed by atoms with van der Waals surface area (Å²) in [4.78, 5) is 21.2. The van der Waals surface area contributed by atoms with E-state index in [0.29, 0.717) is 18.6 Å². The molecule has 0 aromatic heterocycles. The highest BCUT2D eigenvalue weighted by molar-refractivity contribution is 5.94. The van der Waals surface area contributed by atoms with Crippen LogP contribution < -0.4 is 10.6 Å². The van der Waals surface area contributed by atoms with Crippen molar-refractivity contribution in [2.45, 2.75) is 51.7 Å². The first-order valence-corrected chi connectivity index (χ1v) is 12.1. The lowest BCUT2D eigenvalue weighted by molar-refractivity contribution is 0.0827. The van der Waals surface area contributed by atoms with Gasteiger partial charge in [-0.15, -0.1) is 0 Å². The van der Waals surface area contributed by atoms with Crippen molar-refractivity contribution in [3.05, 3.63) is 71.3 Å². The summed E-state index contributed by atoms with van der Waals surface area (Å²) in [5.41, 5.74) is 3.23. The van der Waals surface area contributed by atoms with Crippen molar-refractivity contribution in [2.24, 2.45) is 4.99 Å². The lowest BCUT2D eigenvalue weighted by Crippen LogP contribution is -2.51. The van der Waals surface area contributed by atoms with E-state index < -0.39 is 0 Å². The molecule has 2 unspecified atom stereocenters. The average Bonchev–Trinajstić information content (AvgIpc) is 2.81. The number of amides is 1. The van der Waals surface area contributed by atoms with Gasteiger partial charge in [0.1, 0.15) is 0 Å². The van der Waals surface area contributed by atoms with E-state index in [1.807, 2.05) is 18.2 Å². The van der Waals surface area contributed by atoms with Gasteiger partial charge in [-0.25, -0.2) is 0 Å². The predicted molar refractivity (Wildman–Crippen MR) is 137 cm³/mol. The fourth-order valence-electron chi connectivity index (χ4n) is 4.33. The molecule has 0 saturated carbocycles. The third kappa shape index (κ3) is 7.60. The number of guanidine groups is 1. The quantitative estimate of drug-likeness (QED) is 0.478. The predicted octanol–water partition coefficient (Wildman–Crippen LogP) is 3.54. The monoisotopic (exact) mass is 449 g/mol. The van der Waals surface area contributed by atoms with Gasteiger partial charge < -0.3 is 15.5 Å². The SMILES string of the molecule is CCNC(=NCCc1cccc(C(=O)N(C)C)c1)NC1CCN(Cc2ccccc2)C(C)C1. The fraction of sp³-hybridized carbons (Fsp3) is 0.481. The van der Waals surface area contributed by atoms with Crippen LogP contribution in [0.5, 0.6) is 0 Å². The van der Waals surface area contributed by atoms with Gasteiger partial charge in [-0.3, -0.25) is 14.7 Å². The first kappa shape index (κ1) is 24.8. The van der Waals surface area contributed by atoms with E-state index in [1.165, 1.54) is 5.56 Å². The standard InChI is InChI=1S/C27H39N5O/c1-5-28-27(29-16-14-22-12-9-13-24(19-22)26(33)31(3)4)30-25-15-17-32(21(2)18-25)20-23-10-7-6-8-11-23/h6-13,19,21,25H,5,14-18,20H2,1-4H3,(H2,28,29,30). The molecule has 0 bridgehead atoms. The van der Waals surface area contributed by atoms with Gasteiger partial charge in [-0.05, 0) is 56.4 Å². The Morgan fingerprint density at radius 2 is 1.88 bits per heavy atom.